The fourth-order valence-corrected chi connectivity index (χ4v) is 3.20. The van der Waals surface area contributed by atoms with Gasteiger partial charge in [-0.25, -0.2) is 0 Å². The highest BCUT2D eigenvalue weighted by atomic mass is 35.5. The van der Waals surface area contributed by atoms with Crippen LogP contribution in [0.3, 0.4) is 0 Å². The van der Waals surface area contributed by atoms with Crippen molar-refractivity contribution in [3.63, 3.8) is 0 Å². The smallest absolute Gasteiger partial charge is 0.118 e. The molecule has 2 aromatic rings. The number of rotatable bonds is 5. The molecule has 0 aromatic heterocycles. The van der Waals surface area contributed by atoms with E-state index in [1.807, 2.05) is 24.3 Å². The van der Waals surface area contributed by atoms with Gasteiger partial charge >= 0.3 is 0 Å². The van der Waals surface area contributed by atoms with Gasteiger partial charge < -0.3 is 10.5 Å². The number of nitrogen functional groups attached to an aromatic ring is 1. The topological polar surface area (TPSA) is 52.3 Å². The first-order valence-corrected chi connectivity index (χ1v) is 7.86. The molecule has 0 spiro atoms. The lowest BCUT2D eigenvalue weighted by Crippen LogP contribution is -2.04. The second-order valence-corrected chi connectivity index (χ2v) is 6.31. The molecular formula is C15H16ClNO2S. The van der Waals surface area contributed by atoms with E-state index in [-0.39, 0.29) is 0 Å². The molecule has 0 fully saturated rings. The molecule has 2 aromatic carbocycles. The molecule has 5 heteroatoms. The highest BCUT2D eigenvalue weighted by Crippen LogP contribution is 2.22. The Bertz CT molecular complexity index is 614. The van der Waals surface area contributed by atoms with Crippen LogP contribution in [0.15, 0.2) is 47.4 Å². The van der Waals surface area contributed by atoms with E-state index >= 15 is 0 Å². The van der Waals surface area contributed by atoms with E-state index in [4.69, 9.17) is 22.1 Å². The maximum Gasteiger partial charge on any atom is 0.118 e. The lowest BCUT2D eigenvalue weighted by molar-refractivity contribution is 0.414. The Morgan fingerprint density at radius 3 is 2.50 bits per heavy atom. The first-order chi connectivity index (χ1) is 9.60. The maximum absolute atomic E-state index is 12.2. The summed E-state index contributed by atoms with van der Waals surface area (Å²) in [7, 11) is 0.507. The van der Waals surface area contributed by atoms with Gasteiger partial charge in [0.1, 0.15) is 5.75 Å². The van der Waals surface area contributed by atoms with Crippen LogP contribution in [-0.4, -0.2) is 17.1 Å². The number of anilines is 1. The minimum atomic E-state index is -1.13. The molecule has 0 amide bonds. The van der Waals surface area contributed by atoms with Crippen LogP contribution in [0.5, 0.6) is 5.75 Å². The summed E-state index contributed by atoms with van der Waals surface area (Å²) in [6, 6.07) is 12.8. The Hall–Kier alpha value is -1.52. The molecule has 2 rings (SSSR count). The number of methoxy groups -OCH3 is 1. The number of nitrogens with two attached hydrogens (primary N) is 1. The predicted octanol–water partition coefficient (Wildman–Crippen LogP) is 3.28. The highest BCUT2D eigenvalue weighted by molar-refractivity contribution is 7.85. The summed E-state index contributed by atoms with van der Waals surface area (Å²) in [5.41, 5.74) is 7.43. The van der Waals surface area contributed by atoms with Gasteiger partial charge in [-0.05, 0) is 42.3 Å². The van der Waals surface area contributed by atoms with E-state index in [1.165, 1.54) is 0 Å². The van der Waals surface area contributed by atoms with E-state index in [0.29, 0.717) is 21.4 Å². The van der Waals surface area contributed by atoms with E-state index in [0.717, 1.165) is 17.7 Å². The Morgan fingerprint density at radius 1 is 1.20 bits per heavy atom. The molecule has 0 aliphatic carbocycles. The minimum absolute atomic E-state index is 0.477. The van der Waals surface area contributed by atoms with Crippen LogP contribution in [-0.2, 0) is 17.2 Å². The Balaban J connectivity index is 2.00. The van der Waals surface area contributed by atoms with Crippen molar-refractivity contribution in [2.45, 2.75) is 11.3 Å². The van der Waals surface area contributed by atoms with Crippen LogP contribution in [0.25, 0.3) is 0 Å². The zero-order chi connectivity index (χ0) is 14.5. The van der Waals surface area contributed by atoms with Gasteiger partial charge in [-0.15, -0.1) is 0 Å². The number of hydrogen-bond donors (Lipinski definition) is 1. The van der Waals surface area contributed by atoms with Gasteiger partial charge in [-0.1, -0.05) is 23.7 Å². The average Bonchev–Trinajstić information content (AvgIpc) is 2.45. The van der Waals surface area contributed by atoms with Crippen LogP contribution < -0.4 is 10.5 Å². The Kier molecular flexibility index (Phi) is 5.04. The largest absolute Gasteiger partial charge is 0.497 e. The third-order valence-electron chi connectivity index (χ3n) is 2.95. The first-order valence-electron chi connectivity index (χ1n) is 6.16. The number of ether oxygens (including phenoxy) is 1. The van der Waals surface area contributed by atoms with E-state index in [1.54, 1.807) is 25.3 Å². The molecule has 0 bridgehead atoms. The Morgan fingerprint density at radius 2 is 1.90 bits per heavy atom. The van der Waals surface area contributed by atoms with Gasteiger partial charge in [0.15, 0.2) is 0 Å². The van der Waals surface area contributed by atoms with E-state index in [2.05, 4.69) is 0 Å². The van der Waals surface area contributed by atoms with Crippen molar-refractivity contribution in [2.24, 2.45) is 0 Å². The van der Waals surface area contributed by atoms with Crippen LogP contribution in [0.2, 0.25) is 5.02 Å². The number of benzene rings is 2. The van der Waals surface area contributed by atoms with Crippen molar-refractivity contribution < 1.29 is 8.95 Å². The summed E-state index contributed by atoms with van der Waals surface area (Å²) in [5, 5.41) is 0.554. The number of hydrogen-bond acceptors (Lipinski definition) is 3. The molecule has 106 valence electrons. The fraction of sp³-hybridized carbons (Fsp3) is 0.200. The van der Waals surface area contributed by atoms with Crippen molar-refractivity contribution >= 4 is 28.1 Å². The van der Waals surface area contributed by atoms with Gasteiger partial charge in [0.25, 0.3) is 0 Å². The zero-order valence-electron chi connectivity index (χ0n) is 11.1. The zero-order valence-corrected chi connectivity index (χ0v) is 12.7. The van der Waals surface area contributed by atoms with Gasteiger partial charge in [-0.3, -0.25) is 4.21 Å². The second kappa shape index (κ2) is 6.77. The van der Waals surface area contributed by atoms with Crippen LogP contribution >= 0.6 is 11.6 Å². The molecule has 3 nitrogen and oxygen atoms in total. The van der Waals surface area contributed by atoms with Crippen molar-refractivity contribution in [1.82, 2.24) is 0 Å². The van der Waals surface area contributed by atoms with Gasteiger partial charge in [-0.2, -0.15) is 0 Å². The van der Waals surface area contributed by atoms with Crippen LogP contribution in [0.1, 0.15) is 5.56 Å². The summed E-state index contributed by atoms with van der Waals surface area (Å²) in [4.78, 5) is 0.642. The standard InChI is InChI=1S/C15H16ClNO2S/c1-19-13-5-2-11(3-6-13)8-9-20(18)15-7-4-12(16)10-14(15)17/h2-7,10H,8-9,17H2,1H3. The van der Waals surface area contributed by atoms with E-state index in [9.17, 15) is 4.21 Å². The van der Waals surface area contributed by atoms with Gasteiger partial charge in [0.2, 0.25) is 0 Å². The minimum Gasteiger partial charge on any atom is -0.497 e. The first kappa shape index (κ1) is 14.9. The van der Waals surface area contributed by atoms with Gasteiger partial charge in [0.05, 0.1) is 22.8 Å². The molecule has 2 N–H and O–H groups in total. The summed E-state index contributed by atoms with van der Waals surface area (Å²) in [6.07, 6.45) is 0.721. The molecule has 0 saturated carbocycles. The van der Waals surface area contributed by atoms with E-state index < -0.39 is 10.8 Å². The lowest BCUT2D eigenvalue weighted by Gasteiger charge is -2.07. The molecule has 1 unspecified atom stereocenters. The quantitative estimate of drug-likeness (QED) is 0.862. The van der Waals surface area contributed by atoms with Crippen molar-refractivity contribution in [3.05, 3.63) is 53.1 Å². The normalized spacial score (nSPS) is 12.1. The third-order valence-corrected chi connectivity index (χ3v) is 4.62. The SMILES string of the molecule is COc1ccc(CCS(=O)c2ccc(Cl)cc2N)cc1. The predicted molar refractivity (Wildman–Crippen MR) is 83.8 cm³/mol. The summed E-state index contributed by atoms with van der Waals surface area (Å²) in [5.74, 6) is 1.34. The molecular weight excluding hydrogens is 294 g/mol. The van der Waals surface area contributed by atoms with Crippen LogP contribution in [0.4, 0.5) is 5.69 Å². The summed E-state index contributed by atoms with van der Waals surface area (Å²) in [6.45, 7) is 0. The molecule has 1 atom stereocenters. The average molecular weight is 310 g/mol. The number of aryl methyl sites for hydroxylation is 1. The lowest BCUT2D eigenvalue weighted by atomic mass is 10.2. The summed E-state index contributed by atoms with van der Waals surface area (Å²) >= 11 is 5.83. The summed E-state index contributed by atoms with van der Waals surface area (Å²) < 4.78 is 17.3. The fourth-order valence-electron chi connectivity index (χ4n) is 1.84. The molecule has 0 aliphatic heterocycles. The maximum atomic E-state index is 12.2. The van der Waals surface area contributed by atoms with Crippen molar-refractivity contribution in [1.29, 1.82) is 0 Å². The number of halogens is 1. The third kappa shape index (κ3) is 3.74. The molecule has 0 aliphatic rings. The van der Waals surface area contributed by atoms with Gasteiger partial charge in [0, 0.05) is 16.5 Å². The molecule has 0 heterocycles. The molecule has 20 heavy (non-hydrogen) atoms. The second-order valence-electron chi connectivity index (χ2n) is 4.33. The monoisotopic (exact) mass is 309 g/mol. The molecule has 0 radical (unpaired) electrons. The molecule has 0 saturated heterocycles. The van der Waals surface area contributed by atoms with Crippen molar-refractivity contribution in [3.8, 4) is 5.75 Å². The highest BCUT2D eigenvalue weighted by Gasteiger charge is 2.08. The van der Waals surface area contributed by atoms with Crippen molar-refractivity contribution in [2.75, 3.05) is 18.6 Å². The van der Waals surface area contributed by atoms with Crippen LogP contribution in [0, 0.1) is 0 Å². The Labute approximate surface area is 126 Å².